The maximum Gasteiger partial charge on any atom is 0.226 e. The van der Waals surface area contributed by atoms with Crippen LogP contribution in [0.5, 0.6) is 0 Å². The van der Waals surface area contributed by atoms with Gasteiger partial charge in [-0.25, -0.2) is 9.97 Å². The molecule has 0 spiro atoms. The van der Waals surface area contributed by atoms with Crippen LogP contribution < -0.4 is 4.90 Å². The summed E-state index contributed by atoms with van der Waals surface area (Å²) in [6, 6.07) is 3.69. The predicted octanol–water partition coefficient (Wildman–Crippen LogP) is 1.01. The molecule has 0 radical (unpaired) electrons. The Labute approximate surface area is 101 Å². The van der Waals surface area contributed by atoms with Gasteiger partial charge >= 0.3 is 0 Å². The van der Waals surface area contributed by atoms with Gasteiger partial charge in [-0.15, -0.1) is 0 Å². The lowest BCUT2D eigenvalue weighted by molar-refractivity contribution is 0.0444. The van der Waals surface area contributed by atoms with Gasteiger partial charge in [0.25, 0.3) is 0 Å². The van der Waals surface area contributed by atoms with Gasteiger partial charge in [0.2, 0.25) is 5.95 Å². The van der Waals surface area contributed by atoms with Crippen LogP contribution in [0.15, 0.2) is 6.07 Å². The minimum Gasteiger partial charge on any atom is -0.388 e. The van der Waals surface area contributed by atoms with Crippen molar-refractivity contribution in [1.82, 2.24) is 9.97 Å². The summed E-state index contributed by atoms with van der Waals surface area (Å²) in [5.41, 5.74) is 0.451. The second-order valence-electron chi connectivity index (χ2n) is 4.83. The maximum absolute atomic E-state index is 10.0. The Bertz CT molecular complexity index is 464. The molecule has 0 aliphatic carbocycles. The van der Waals surface area contributed by atoms with Crippen molar-refractivity contribution in [2.75, 3.05) is 18.0 Å². The number of aromatic nitrogens is 2. The molecule has 2 heterocycles. The first-order valence-electron chi connectivity index (χ1n) is 5.73. The van der Waals surface area contributed by atoms with Crippen LogP contribution in [0, 0.1) is 18.3 Å². The highest BCUT2D eigenvalue weighted by Gasteiger charge is 2.29. The van der Waals surface area contributed by atoms with E-state index in [0.29, 0.717) is 18.2 Å². The second kappa shape index (κ2) is 4.30. The van der Waals surface area contributed by atoms with E-state index in [1.165, 1.54) is 0 Å². The van der Waals surface area contributed by atoms with Crippen LogP contribution in [0.2, 0.25) is 0 Å². The van der Waals surface area contributed by atoms with Crippen LogP contribution in [-0.4, -0.2) is 33.8 Å². The van der Waals surface area contributed by atoms with E-state index in [0.717, 1.165) is 25.1 Å². The molecule has 2 rings (SSSR count). The van der Waals surface area contributed by atoms with E-state index < -0.39 is 5.60 Å². The fourth-order valence-electron chi connectivity index (χ4n) is 2.14. The van der Waals surface area contributed by atoms with E-state index in [9.17, 15) is 5.11 Å². The van der Waals surface area contributed by atoms with E-state index in [2.05, 4.69) is 9.97 Å². The molecule has 5 nitrogen and oxygen atoms in total. The number of anilines is 1. The van der Waals surface area contributed by atoms with Crippen molar-refractivity contribution in [3.63, 3.8) is 0 Å². The number of hydrogen-bond donors (Lipinski definition) is 1. The number of hydrogen-bond acceptors (Lipinski definition) is 5. The molecule has 1 N–H and O–H groups in total. The highest BCUT2D eigenvalue weighted by Crippen LogP contribution is 2.23. The number of aliphatic hydroxyl groups is 1. The van der Waals surface area contributed by atoms with Crippen molar-refractivity contribution in [1.29, 1.82) is 5.26 Å². The standard InChI is InChI=1S/C12H16N4O/c1-9-6-10(7-13)15-11(14-9)16-5-3-4-12(2,17)8-16/h6,17H,3-5,8H2,1-2H3. The Hall–Kier alpha value is -1.67. The quantitative estimate of drug-likeness (QED) is 0.782. The molecule has 1 aliphatic heterocycles. The summed E-state index contributed by atoms with van der Waals surface area (Å²) in [6.45, 7) is 5.00. The summed E-state index contributed by atoms with van der Waals surface area (Å²) < 4.78 is 0. The summed E-state index contributed by atoms with van der Waals surface area (Å²) in [4.78, 5) is 10.4. The van der Waals surface area contributed by atoms with Gasteiger partial charge in [-0.1, -0.05) is 0 Å². The van der Waals surface area contributed by atoms with Crippen molar-refractivity contribution < 1.29 is 5.11 Å². The first-order chi connectivity index (χ1) is 8.00. The molecule has 0 amide bonds. The van der Waals surface area contributed by atoms with Crippen molar-refractivity contribution >= 4 is 5.95 Å². The van der Waals surface area contributed by atoms with E-state index >= 15 is 0 Å². The summed E-state index contributed by atoms with van der Waals surface area (Å²) in [5, 5.41) is 18.9. The van der Waals surface area contributed by atoms with E-state index in [-0.39, 0.29) is 0 Å². The van der Waals surface area contributed by atoms with Crippen molar-refractivity contribution in [2.45, 2.75) is 32.3 Å². The molecule has 1 aromatic heterocycles. The molecule has 1 saturated heterocycles. The van der Waals surface area contributed by atoms with Crippen LogP contribution in [0.1, 0.15) is 31.2 Å². The Kier molecular flexibility index (Phi) is 2.99. The number of rotatable bonds is 1. The number of β-amino-alcohol motifs (C(OH)–C–C–N with tert-alkyl or cyclic N) is 1. The molecule has 90 valence electrons. The molecular weight excluding hydrogens is 216 g/mol. The molecule has 1 unspecified atom stereocenters. The van der Waals surface area contributed by atoms with Gasteiger partial charge in [0.1, 0.15) is 11.8 Å². The molecule has 17 heavy (non-hydrogen) atoms. The highest BCUT2D eigenvalue weighted by atomic mass is 16.3. The first-order valence-corrected chi connectivity index (χ1v) is 5.73. The topological polar surface area (TPSA) is 73.0 Å². The summed E-state index contributed by atoms with van der Waals surface area (Å²) >= 11 is 0. The van der Waals surface area contributed by atoms with Crippen molar-refractivity contribution in [3.8, 4) is 6.07 Å². The van der Waals surface area contributed by atoms with Crippen LogP contribution in [0.4, 0.5) is 5.95 Å². The molecule has 5 heteroatoms. The lowest BCUT2D eigenvalue weighted by Gasteiger charge is -2.36. The first kappa shape index (κ1) is 11.8. The Morgan fingerprint density at radius 3 is 2.94 bits per heavy atom. The fraction of sp³-hybridized carbons (Fsp3) is 0.583. The number of nitriles is 1. The minimum atomic E-state index is -0.696. The number of piperidine rings is 1. The van der Waals surface area contributed by atoms with E-state index in [1.807, 2.05) is 24.8 Å². The zero-order chi connectivity index (χ0) is 12.5. The van der Waals surface area contributed by atoms with Gasteiger partial charge < -0.3 is 10.0 Å². The van der Waals surface area contributed by atoms with Crippen LogP contribution in [0.25, 0.3) is 0 Å². The van der Waals surface area contributed by atoms with Crippen LogP contribution in [-0.2, 0) is 0 Å². The zero-order valence-electron chi connectivity index (χ0n) is 10.1. The number of nitrogens with zero attached hydrogens (tertiary/aromatic N) is 4. The SMILES string of the molecule is Cc1cc(C#N)nc(N2CCCC(C)(O)C2)n1. The molecule has 1 atom stereocenters. The lowest BCUT2D eigenvalue weighted by atomic mass is 9.95. The van der Waals surface area contributed by atoms with Gasteiger partial charge in [0, 0.05) is 18.8 Å². The van der Waals surface area contributed by atoms with Gasteiger partial charge in [-0.2, -0.15) is 5.26 Å². The lowest BCUT2D eigenvalue weighted by Crippen LogP contribution is -2.46. The molecular formula is C12H16N4O. The maximum atomic E-state index is 10.0. The summed E-state index contributed by atoms with van der Waals surface area (Å²) in [7, 11) is 0. The zero-order valence-corrected chi connectivity index (χ0v) is 10.1. The Morgan fingerprint density at radius 1 is 1.53 bits per heavy atom. The molecule has 1 fully saturated rings. The largest absolute Gasteiger partial charge is 0.388 e. The smallest absolute Gasteiger partial charge is 0.226 e. The third-order valence-corrected chi connectivity index (χ3v) is 2.91. The molecule has 0 bridgehead atoms. The van der Waals surface area contributed by atoms with Gasteiger partial charge in [-0.05, 0) is 32.8 Å². The predicted molar refractivity (Wildman–Crippen MR) is 63.6 cm³/mol. The van der Waals surface area contributed by atoms with Gasteiger partial charge in [-0.3, -0.25) is 0 Å². The van der Waals surface area contributed by atoms with Crippen molar-refractivity contribution in [3.05, 3.63) is 17.5 Å². The monoisotopic (exact) mass is 232 g/mol. The fourth-order valence-corrected chi connectivity index (χ4v) is 2.14. The van der Waals surface area contributed by atoms with Crippen LogP contribution >= 0.6 is 0 Å². The minimum absolute atomic E-state index is 0.373. The molecule has 0 aromatic carbocycles. The third kappa shape index (κ3) is 2.71. The Balaban J connectivity index is 2.28. The van der Waals surface area contributed by atoms with Gasteiger partial charge in [0.15, 0.2) is 0 Å². The molecule has 1 aromatic rings. The number of aryl methyl sites for hydroxylation is 1. The summed E-state index contributed by atoms with van der Waals surface area (Å²) in [6.07, 6.45) is 1.70. The molecule has 1 aliphatic rings. The van der Waals surface area contributed by atoms with Crippen molar-refractivity contribution in [2.24, 2.45) is 0 Å². The molecule has 0 saturated carbocycles. The normalized spacial score (nSPS) is 24.5. The van der Waals surface area contributed by atoms with Crippen LogP contribution in [0.3, 0.4) is 0 Å². The second-order valence-corrected chi connectivity index (χ2v) is 4.83. The Morgan fingerprint density at radius 2 is 2.29 bits per heavy atom. The highest BCUT2D eigenvalue weighted by molar-refractivity contribution is 5.37. The average molecular weight is 232 g/mol. The van der Waals surface area contributed by atoms with E-state index in [4.69, 9.17) is 5.26 Å². The summed E-state index contributed by atoms with van der Waals surface area (Å²) in [5.74, 6) is 0.543. The third-order valence-electron chi connectivity index (χ3n) is 2.91. The average Bonchev–Trinajstić information content (AvgIpc) is 2.27. The van der Waals surface area contributed by atoms with Gasteiger partial charge in [0.05, 0.1) is 5.60 Å². The van der Waals surface area contributed by atoms with E-state index in [1.54, 1.807) is 6.07 Å².